The first kappa shape index (κ1) is 38.5. The summed E-state index contributed by atoms with van der Waals surface area (Å²) in [6.07, 6.45) is 0. The van der Waals surface area contributed by atoms with Crippen LogP contribution in [0.5, 0.6) is 0 Å². The molecule has 0 aromatic heterocycles. The molecule has 0 unspecified atom stereocenters. The molecule has 2 heteroatoms. The van der Waals surface area contributed by atoms with Gasteiger partial charge in [-0.3, -0.25) is 0 Å². The highest BCUT2D eigenvalue weighted by Crippen LogP contribution is 2.59. The van der Waals surface area contributed by atoms with Gasteiger partial charge in [-0.1, -0.05) is 190 Å². The molecule has 0 radical (unpaired) electrons. The topological polar surface area (TPSA) is 6.48 Å². The summed E-state index contributed by atoms with van der Waals surface area (Å²) in [6.45, 7) is 4.87. The van der Waals surface area contributed by atoms with E-state index in [1.165, 1.54) is 82.5 Å². The molecule has 0 fully saturated rings. The highest BCUT2D eigenvalue weighted by Gasteiger charge is 2.41. The van der Waals surface area contributed by atoms with E-state index in [4.69, 9.17) is 0 Å². The van der Waals surface area contributed by atoms with Crippen molar-refractivity contribution in [2.24, 2.45) is 0 Å². The Bertz CT molecular complexity index is 3560. The number of para-hydroxylation sites is 2. The fourth-order valence-electron chi connectivity index (χ4n) is 10.6. The van der Waals surface area contributed by atoms with Crippen LogP contribution in [-0.2, 0) is 5.41 Å². The maximum Gasteiger partial charge on any atom is 0.0543 e. The number of hydrogen-bond donors (Lipinski definition) is 0. The van der Waals surface area contributed by atoms with Crippen LogP contribution in [0.25, 0.3) is 65.7 Å². The molecule has 0 spiro atoms. The number of anilines is 6. The van der Waals surface area contributed by atoms with Gasteiger partial charge >= 0.3 is 0 Å². The van der Waals surface area contributed by atoms with Gasteiger partial charge in [-0.15, -0.1) is 0 Å². The molecule has 0 amide bonds. The Morgan fingerprint density at radius 3 is 1.29 bits per heavy atom. The molecule has 0 bridgehead atoms. The number of rotatable bonds is 8. The van der Waals surface area contributed by atoms with Gasteiger partial charge in [-0.25, -0.2) is 0 Å². The van der Waals surface area contributed by atoms with Crippen LogP contribution < -0.4 is 9.80 Å². The molecule has 1 aliphatic rings. The van der Waals surface area contributed by atoms with E-state index in [0.717, 1.165) is 28.4 Å². The predicted octanol–water partition coefficient (Wildman–Crippen LogP) is 17.7. The molecule has 11 aromatic carbocycles. The maximum atomic E-state index is 2.51. The molecule has 0 N–H and O–H groups in total. The zero-order valence-corrected chi connectivity index (χ0v) is 36.5. The molecule has 12 rings (SSSR count). The van der Waals surface area contributed by atoms with Crippen LogP contribution >= 0.6 is 0 Å². The van der Waals surface area contributed by atoms with E-state index in [1.54, 1.807) is 0 Å². The first-order chi connectivity index (χ1) is 32.0. The maximum absolute atomic E-state index is 2.51. The second-order valence-corrected chi connectivity index (χ2v) is 17.7. The number of hydrogen-bond acceptors (Lipinski definition) is 2. The van der Waals surface area contributed by atoms with E-state index < -0.39 is 0 Å². The van der Waals surface area contributed by atoms with Crippen LogP contribution in [0.2, 0.25) is 0 Å². The quantitative estimate of drug-likeness (QED) is 0.141. The van der Waals surface area contributed by atoms with Gasteiger partial charge in [0.25, 0.3) is 0 Å². The Balaban J connectivity index is 1.08. The second-order valence-electron chi connectivity index (χ2n) is 17.7. The van der Waals surface area contributed by atoms with Crippen molar-refractivity contribution in [1.82, 2.24) is 0 Å². The zero-order chi connectivity index (χ0) is 43.5. The number of nitrogens with zero attached hydrogens (tertiary/aromatic N) is 2. The molecule has 0 saturated carbocycles. The third-order valence-electron chi connectivity index (χ3n) is 13.5. The fourth-order valence-corrected chi connectivity index (χ4v) is 10.6. The molecule has 0 aliphatic heterocycles. The average Bonchev–Trinajstić information content (AvgIpc) is 3.62. The van der Waals surface area contributed by atoms with Gasteiger partial charge in [0.1, 0.15) is 0 Å². The lowest BCUT2D eigenvalue weighted by molar-refractivity contribution is 0.667. The van der Waals surface area contributed by atoms with Crippen molar-refractivity contribution in [1.29, 1.82) is 0 Å². The Hall–Kier alpha value is -8.20. The van der Waals surface area contributed by atoms with E-state index in [2.05, 4.69) is 266 Å². The van der Waals surface area contributed by atoms with Crippen molar-refractivity contribution in [3.05, 3.63) is 254 Å². The van der Waals surface area contributed by atoms with Crippen molar-refractivity contribution < 1.29 is 0 Å². The van der Waals surface area contributed by atoms with Crippen LogP contribution in [0, 0.1) is 0 Å². The molecular formula is C63H46N2. The van der Waals surface area contributed by atoms with Gasteiger partial charge < -0.3 is 9.80 Å². The molecule has 11 aromatic rings. The normalized spacial score (nSPS) is 12.6. The van der Waals surface area contributed by atoms with E-state index in [9.17, 15) is 0 Å². The van der Waals surface area contributed by atoms with Gasteiger partial charge in [0.15, 0.2) is 0 Å². The summed E-state index contributed by atoms with van der Waals surface area (Å²) in [5.74, 6) is 0. The van der Waals surface area contributed by atoms with Crippen molar-refractivity contribution in [3.63, 3.8) is 0 Å². The highest BCUT2D eigenvalue weighted by atomic mass is 15.1. The van der Waals surface area contributed by atoms with Gasteiger partial charge in [0.05, 0.1) is 5.69 Å². The van der Waals surface area contributed by atoms with Crippen LogP contribution in [-0.4, -0.2) is 0 Å². The van der Waals surface area contributed by atoms with Gasteiger partial charge in [-0.2, -0.15) is 0 Å². The summed E-state index contributed by atoms with van der Waals surface area (Å²) in [6, 6.07) is 88.7. The van der Waals surface area contributed by atoms with Crippen molar-refractivity contribution in [3.8, 4) is 33.4 Å². The molecule has 0 heterocycles. The largest absolute Gasteiger partial charge is 0.310 e. The van der Waals surface area contributed by atoms with E-state index in [0.29, 0.717) is 0 Å². The van der Waals surface area contributed by atoms with E-state index >= 15 is 0 Å². The average molecular weight is 831 g/mol. The van der Waals surface area contributed by atoms with Crippen LogP contribution in [0.1, 0.15) is 25.0 Å². The van der Waals surface area contributed by atoms with Crippen molar-refractivity contribution in [2.75, 3.05) is 9.80 Å². The monoisotopic (exact) mass is 830 g/mol. The first-order valence-electron chi connectivity index (χ1n) is 22.6. The Kier molecular flexibility index (Phi) is 9.21. The summed E-state index contributed by atoms with van der Waals surface area (Å²) < 4.78 is 0. The third kappa shape index (κ3) is 6.40. The lowest BCUT2D eigenvalue weighted by atomic mass is 9.79. The first-order valence-corrected chi connectivity index (χ1v) is 22.6. The zero-order valence-electron chi connectivity index (χ0n) is 36.5. The van der Waals surface area contributed by atoms with Crippen LogP contribution in [0.3, 0.4) is 0 Å². The standard InChI is InChI=1S/C63H46N2/c1-63(2)58-42-59(65(48-29-13-6-14-30-48)50-32-20-26-46(40-50)44-23-9-4-10-24-44)53-34-16-18-36-55(53)60(58)61-54-35-17-15-33-52(54)57-41-51(37-38-56(57)62(61)63)64(47-27-11-5-12-28-47)49-31-19-25-45(39-49)43-21-7-3-8-22-43/h3-42H,1-2H3. The summed E-state index contributed by atoms with van der Waals surface area (Å²) in [7, 11) is 0. The smallest absolute Gasteiger partial charge is 0.0543 e. The number of benzene rings is 11. The summed E-state index contributed by atoms with van der Waals surface area (Å²) in [5.41, 5.74) is 16.6. The van der Waals surface area contributed by atoms with E-state index in [1.807, 2.05) is 0 Å². The minimum Gasteiger partial charge on any atom is -0.310 e. The predicted molar refractivity (Wildman–Crippen MR) is 277 cm³/mol. The second kappa shape index (κ2) is 15.6. The Labute approximate surface area is 380 Å². The molecule has 308 valence electrons. The van der Waals surface area contributed by atoms with Crippen LogP contribution in [0.15, 0.2) is 243 Å². The highest BCUT2D eigenvalue weighted by molar-refractivity contribution is 6.23. The molecule has 0 saturated heterocycles. The van der Waals surface area contributed by atoms with Crippen molar-refractivity contribution in [2.45, 2.75) is 19.3 Å². The summed E-state index contributed by atoms with van der Waals surface area (Å²) >= 11 is 0. The minimum absolute atomic E-state index is 0.329. The third-order valence-corrected chi connectivity index (χ3v) is 13.5. The molecule has 65 heavy (non-hydrogen) atoms. The SMILES string of the molecule is CC1(C)c2cc(N(c3ccccc3)c3cccc(-c4ccccc4)c3)c3ccccc3c2-c2c1c1ccc(N(c3ccccc3)c3cccc(-c4ccccc4)c3)cc1c1ccccc21. The van der Waals surface area contributed by atoms with Gasteiger partial charge in [-0.05, 0) is 138 Å². The number of fused-ring (bicyclic) bond motifs is 10. The van der Waals surface area contributed by atoms with Crippen LogP contribution in [0.4, 0.5) is 34.1 Å². The molecular weight excluding hydrogens is 785 g/mol. The summed E-state index contributed by atoms with van der Waals surface area (Å²) in [5, 5.41) is 7.57. The van der Waals surface area contributed by atoms with Gasteiger partial charge in [0.2, 0.25) is 0 Å². The Morgan fingerprint density at radius 1 is 0.277 bits per heavy atom. The van der Waals surface area contributed by atoms with Gasteiger partial charge in [0, 0.05) is 39.2 Å². The molecule has 0 atom stereocenters. The lowest BCUT2D eigenvalue weighted by Crippen LogP contribution is -2.17. The fraction of sp³-hybridized carbons (Fsp3) is 0.0476. The lowest BCUT2D eigenvalue weighted by Gasteiger charge is -2.30. The van der Waals surface area contributed by atoms with Crippen molar-refractivity contribution >= 4 is 66.4 Å². The molecule has 2 nitrogen and oxygen atoms in total. The summed E-state index contributed by atoms with van der Waals surface area (Å²) in [4.78, 5) is 4.86. The minimum atomic E-state index is -0.329. The molecule has 1 aliphatic carbocycles. The van der Waals surface area contributed by atoms with E-state index in [-0.39, 0.29) is 5.41 Å². The Morgan fingerprint density at radius 2 is 0.708 bits per heavy atom.